The van der Waals surface area contributed by atoms with Crippen molar-refractivity contribution in [3.63, 3.8) is 0 Å². The maximum Gasteiger partial charge on any atom is 0.433 e. The zero-order valence-corrected chi connectivity index (χ0v) is 18.1. The Hall–Kier alpha value is -2.62. The molecular formula is C21H16Cl2F4N4O. The maximum atomic E-state index is 14.5. The number of nitrogens with zero attached hydrogens (tertiary/aromatic N) is 3. The van der Waals surface area contributed by atoms with Gasteiger partial charge in [-0.15, -0.1) is 0 Å². The summed E-state index contributed by atoms with van der Waals surface area (Å²) < 4.78 is 63.2. The van der Waals surface area contributed by atoms with Crippen LogP contribution in [-0.4, -0.2) is 22.0 Å². The number of halogens is 6. The third kappa shape index (κ3) is 4.07. The molecule has 5 nitrogen and oxygen atoms in total. The van der Waals surface area contributed by atoms with E-state index >= 15 is 0 Å². The molecule has 2 aromatic heterocycles. The first kappa shape index (κ1) is 22.6. The van der Waals surface area contributed by atoms with Crippen molar-refractivity contribution in [1.29, 1.82) is 0 Å². The molecule has 2 heterocycles. The van der Waals surface area contributed by atoms with Gasteiger partial charge in [-0.2, -0.15) is 18.3 Å². The Labute approximate surface area is 190 Å². The second-order valence-corrected chi connectivity index (χ2v) is 7.92. The van der Waals surface area contributed by atoms with E-state index in [1.54, 1.807) is 19.2 Å². The number of hydrogen-bond acceptors (Lipinski definition) is 4. The van der Waals surface area contributed by atoms with Gasteiger partial charge in [-0.1, -0.05) is 40.5 Å². The average molecular weight is 487 g/mol. The van der Waals surface area contributed by atoms with Crippen molar-refractivity contribution < 1.29 is 22.1 Å². The van der Waals surface area contributed by atoms with Crippen LogP contribution < -0.4 is 5.32 Å². The molecule has 0 bridgehead atoms. The third-order valence-corrected chi connectivity index (χ3v) is 5.54. The molecule has 168 valence electrons. The van der Waals surface area contributed by atoms with Crippen LogP contribution in [0.25, 0.3) is 22.6 Å². The molecule has 0 aliphatic heterocycles. The molecule has 1 atom stereocenters. The van der Waals surface area contributed by atoms with Gasteiger partial charge in [0.2, 0.25) is 0 Å². The Morgan fingerprint density at radius 3 is 2.72 bits per heavy atom. The smallest absolute Gasteiger partial charge is 0.355 e. The lowest BCUT2D eigenvalue weighted by atomic mass is 10.0. The van der Waals surface area contributed by atoms with Gasteiger partial charge in [0.1, 0.15) is 11.5 Å². The fourth-order valence-electron chi connectivity index (χ4n) is 3.64. The molecule has 0 fully saturated rings. The lowest BCUT2D eigenvalue weighted by Gasteiger charge is -2.20. The summed E-state index contributed by atoms with van der Waals surface area (Å²) in [5.41, 5.74) is -1.14. The summed E-state index contributed by atoms with van der Waals surface area (Å²) in [6.45, 7) is 0.0548. The number of rotatable bonds is 5. The van der Waals surface area contributed by atoms with E-state index in [4.69, 9.17) is 27.7 Å². The van der Waals surface area contributed by atoms with E-state index in [1.807, 2.05) is 0 Å². The van der Waals surface area contributed by atoms with Crippen LogP contribution >= 0.6 is 23.2 Å². The standard InChI is InChI=1S/C21H16Cl2F4N4O/c1-28-9-13-18(17-15(23)6-3-7-16(17)24)30-32-19(13)14-10-29-31(20(14)21(25,26)27)12-5-2-4-11(22)8-12/h2-4,6-8,10,12,28H,5,9H2,1H3. The van der Waals surface area contributed by atoms with Gasteiger partial charge in [0, 0.05) is 17.1 Å². The minimum Gasteiger partial charge on any atom is -0.355 e. The molecular weight excluding hydrogens is 471 g/mol. The quantitative estimate of drug-likeness (QED) is 0.426. The highest BCUT2D eigenvalue weighted by molar-refractivity contribution is 6.33. The molecule has 1 unspecified atom stereocenters. The summed E-state index contributed by atoms with van der Waals surface area (Å²) in [7, 11) is 1.60. The molecule has 3 aromatic rings. The predicted octanol–water partition coefficient (Wildman–Crippen LogP) is 6.36. The topological polar surface area (TPSA) is 55.9 Å². The van der Waals surface area contributed by atoms with Gasteiger partial charge in [-0.3, -0.25) is 4.68 Å². The number of alkyl halides is 3. The fourth-order valence-corrected chi connectivity index (χ4v) is 4.13. The number of hydrogen-bond donors (Lipinski definition) is 1. The fraction of sp³-hybridized carbons (Fsp3) is 0.238. The van der Waals surface area contributed by atoms with Crippen LogP contribution in [0.4, 0.5) is 17.6 Å². The molecule has 0 amide bonds. The Kier molecular flexibility index (Phi) is 6.15. The minimum atomic E-state index is -4.76. The molecule has 0 saturated heterocycles. The van der Waals surface area contributed by atoms with Crippen molar-refractivity contribution >= 4 is 23.2 Å². The SMILES string of the molecule is CNCc1c(-c2c(F)cccc2Cl)noc1-c1cnn(C2C=C(Cl)C=CC2)c1C(F)(F)F. The van der Waals surface area contributed by atoms with Crippen LogP contribution in [0.2, 0.25) is 5.02 Å². The molecule has 11 heteroatoms. The lowest BCUT2D eigenvalue weighted by Crippen LogP contribution is -2.20. The number of allylic oxidation sites excluding steroid dienone is 4. The van der Waals surface area contributed by atoms with Crippen molar-refractivity contribution in [3.8, 4) is 22.6 Å². The molecule has 4 rings (SSSR count). The van der Waals surface area contributed by atoms with Crippen molar-refractivity contribution in [2.24, 2.45) is 0 Å². The van der Waals surface area contributed by atoms with Gasteiger partial charge >= 0.3 is 6.18 Å². The highest BCUT2D eigenvalue weighted by Gasteiger charge is 2.42. The monoisotopic (exact) mass is 486 g/mol. The summed E-state index contributed by atoms with van der Waals surface area (Å²) in [5.74, 6) is -0.844. The second kappa shape index (κ2) is 8.73. The third-order valence-electron chi connectivity index (χ3n) is 4.97. The molecule has 1 aliphatic rings. The van der Waals surface area contributed by atoms with Gasteiger partial charge in [-0.25, -0.2) is 4.39 Å². The van der Waals surface area contributed by atoms with Crippen molar-refractivity contribution in [3.05, 3.63) is 69.8 Å². The highest BCUT2D eigenvalue weighted by Crippen LogP contribution is 2.43. The molecule has 0 saturated carbocycles. The predicted molar refractivity (Wildman–Crippen MR) is 113 cm³/mol. The molecule has 1 N–H and O–H groups in total. The van der Waals surface area contributed by atoms with Gasteiger partial charge in [-0.05, 0) is 37.8 Å². The highest BCUT2D eigenvalue weighted by atomic mass is 35.5. The number of benzene rings is 1. The second-order valence-electron chi connectivity index (χ2n) is 7.07. The van der Waals surface area contributed by atoms with Crippen LogP contribution in [0.1, 0.15) is 23.7 Å². The van der Waals surface area contributed by atoms with Crippen LogP contribution in [0.15, 0.2) is 52.2 Å². The Bertz CT molecular complexity index is 1190. The first-order chi connectivity index (χ1) is 15.2. The normalized spacial score (nSPS) is 16.5. The largest absolute Gasteiger partial charge is 0.433 e. The van der Waals surface area contributed by atoms with E-state index in [1.165, 1.54) is 24.3 Å². The summed E-state index contributed by atoms with van der Waals surface area (Å²) >= 11 is 12.1. The van der Waals surface area contributed by atoms with Crippen molar-refractivity contribution in [2.75, 3.05) is 7.05 Å². The first-order valence-corrected chi connectivity index (χ1v) is 10.2. The molecule has 0 spiro atoms. The summed E-state index contributed by atoms with van der Waals surface area (Å²) in [5, 5.41) is 11.1. The lowest BCUT2D eigenvalue weighted by molar-refractivity contribution is -0.144. The maximum absolute atomic E-state index is 14.5. The molecule has 0 radical (unpaired) electrons. The van der Waals surface area contributed by atoms with Gasteiger partial charge < -0.3 is 9.84 Å². The van der Waals surface area contributed by atoms with E-state index in [-0.39, 0.29) is 46.1 Å². The zero-order valence-electron chi connectivity index (χ0n) is 16.6. The van der Waals surface area contributed by atoms with Crippen molar-refractivity contribution in [1.82, 2.24) is 20.3 Å². The number of aromatic nitrogens is 3. The summed E-state index contributed by atoms with van der Waals surface area (Å²) in [4.78, 5) is 0. The Balaban J connectivity index is 1.91. The van der Waals surface area contributed by atoms with Gasteiger partial charge in [0.25, 0.3) is 0 Å². The number of nitrogens with one attached hydrogen (secondary N) is 1. The average Bonchev–Trinajstić information content (AvgIpc) is 3.33. The summed E-state index contributed by atoms with van der Waals surface area (Å²) in [6, 6.07) is 3.34. The van der Waals surface area contributed by atoms with Crippen molar-refractivity contribution in [2.45, 2.75) is 25.2 Å². The van der Waals surface area contributed by atoms with Crippen LogP contribution in [0, 0.1) is 5.82 Å². The molecule has 1 aliphatic carbocycles. The molecule has 1 aromatic carbocycles. The Morgan fingerprint density at radius 2 is 2.06 bits per heavy atom. The zero-order chi connectivity index (χ0) is 23.0. The first-order valence-electron chi connectivity index (χ1n) is 9.48. The van der Waals surface area contributed by atoms with E-state index in [9.17, 15) is 17.6 Å². The Morgan fingerprint density at radius 1 is 1.28 bits per heavy atom. The van der Waals surface area contributed by atoms with Gasteiger partial charge in [0.15, 0.2) is 11.5 Å². The van der Waals surface area contributed by atoms with E-state index < -0.39 is 23.7 Å². The van der Waals surface area contributed by atoms with Crippen LogP contribution in [0.3, 0.4) is 0 Å². The van der Waals surface area contributed by atoms with E-state index in [0.29, 0.717) is 5.03 Å². The van der Waals surface area contributed by atoms with Crippen LogP contribution in [-0.2, 0) is 12.7 Å². The minimum absolute atomic E-state index is 0.0156. The molecule has 32 heavy (non-hydrogen) atoms. The van der Waals surface area contributed by atoms with E-state index in [0.717, 1.165) is 10.9 Å². The van der Waals surface area contributed by atoms with E-state index in [2.05, 4.69) is 15.6 Å². The summed E-state index contributed by atoms with van der Waals surface area (Å²) in [6.07, 6.45) is 1.38. The van der Waals surface area contributed by atoms with Gasteiger partial charge in [0.05, 0.1) is 28.4 Å². The van der Waals surface area contributed by atoms with Crippen LogP contribution in [0.5, 0.6) is 0 Å².